The molecule has 2 saturated heterocycles. The van der Waals surface area contributed by atoms with Gasteiger partial charge in [0.15, 0.2) is 5.82 Å². The number of methoxy groups -OCH3 is 1. The molecule has 42 heavy (non-hydrogen) atoms. The van der Waals surface area contributed by atoms with Crippen LogP contribution in [0.4, 0.5) is 27.5 Å². The number of rotatable bonds is 7. The Labute approximate surface area is 250 Å². The minimum absolute atomic E-state index is 0. The molecule has 3 aromatic heterocycles. The molecule has 1 aromatic carbocycles. The van der Waals surface area contributed by atoms with E-state index in [9.17, 15) is 4.39 Å². The predicted octanol–water partition coefficient (Wildman–Crippen LogP) is 4.68. The summed E-state index contributed by atoms with van der Waals surface area (Å²) in [6.07, 6.45) is 7.35. The number of aromatic nitrogens is 4. The second kappa shape index (κ2) is 13.3. The number of morpholine rings is 1. The Bertz CT molecular complexity index is 1500. The molecule has 0 bridgehead atoms. The molecule has 6 rings (SSSR count). The summed E-state index contributed by atoms with van der Waals surface area (Å²) in [5, 5.41) is 3.27. The molecule has 1 atom stereocenters. The van der Waals surface area contributed by atoms with Crippen LogP contribution < -0.4 is 25.6 Å². The number of anilines is 4. The van der Waals surface area contributed by atoms with E-state index in [0.29, 0.717) is 30.6 Å². The van der Waals surface area contributed by atoms with Crippen molar-refractivity contribution >= 4 is 35.5 Å². The average Bonchev–Trinajstić information content (AvgIpc) is 3.01. The average molecular weight is 593 g/mol. The van der Waals surface area contributed by atoms with Crippen LogP contribution in [0.5, 0.6) is 5.75 Å². The Morgan fingerprint density at radius 2 is 1.86 bits per heavy atom. The van der Waals surface area contributed by atoms with Crippen LogP contribution in [0.2, 0.25) is 0 Å². The van der Waals surface area contributed by atoms with Crippen LogP contribution in [0.1, 0.15) is 12.8 Å². The van der Waals surface area contributed by atoms with Gasteiger partial charge in [0.05, 0.1) is 25.9 Å². The lowest BCUT2D eigenvalue weighted by Crippen LogP contribution is -2.43. The first kappa shape index (κ1) is 29.4. The van der Waals surface area contributed by atoms with Crippen LogP contribution in [-0.2, 0) is 4.74 Å². The second-order valence-electron chi connectivity index (χ2n) is 10.1. The Hall–Kier alpha value is -4.06. The van der Waals surface area contributed by atoms with Crippen molar-refractivity contribution in [1.29, 1.82) is 0 Å². The van der Waals surface area contributed by atoms with Crippen molar-refractivity contribution < 1.29 is 13.9 Å². The van der Waals surface area contributed by atoms with Crippen LogP contribution in [0.15, 0.2) is 61.1 Å². The van der Waals surface area contributed by atoms with E-state index in [1.165, 1.54) is 13.2 Å². The van der Waals surface area contributed by atoms with Crippen molar-refractivity contribution in [2.45, 2.75) is 18.9 Å². The summed E-state index contributed by atoms with van der Waals surface area (Å²) < 4.78 is 25.5. The summed E-state index contributed by atoms with van der Waals surface area (Å²) in [5.74, 6) is 2.15. The van der Waals surface area contributed by atoms with Crippen molar-refractivity contribution in [3.63, 3.8) is 0 Å². The lowest BCUT2D eigenvalue weighted by Gasteiger charge is -2.34. The first-order valence-electron chi connectivity index (χ1n) is 13.8. The predicted molar refractivity (Wildman–Crippen MR) is 164 cm³/mol. The molecule has 4 aromatic rings. The van der Waals surface area contributed by atoms with Gasteiger partial charge in [-0.3, -0.25) is 0 Å². The highest BCUT2D eigenvalue weighted by molar-refractivity contribution is 5.85. The highest BCUT2D eigenvalue weighted by atomic mass is 35.5. The van der Waals surface area contributed by atoms with Crippen molar-refractivity contribution in [2.24, 2.45) is 5.73 Å². The number of piperidine rings is 1. The molecule has 12 heteroatoms. The van der Waals surface area contributed by atoms with E-state index in [4.69, 9.17) is 25.2 Å². The Morgan fingerprint density at radius 1 is 1.00 bits per heavy atom. The molecule has 2 aliphatic heterocycles. The Kier molecular flexibility index (Phi) is 9.31. The molecular weight excluding hydrogens is 559 g/mol. The van der Waals surface area contributed by atoms with Gasteiger partial charge in [-0.15, -0.1) is 12.4 Å². The summed E-state index contributed by atoms with van der Waals surface area (Å²) in [6, 6.07) is 12.6. The number of pyridine rings is 2. The molecule has 3 N–H and O–H groups in total. The first-order chi connectivity index (χ1) is 20.1. The number of benzene rings is 1. The quantitative estimate of drug-likeness (QED) is 0.313. The number of hydrogen-bond donors (Lipinski definition) is 2. The minimum atomic E-state index is -0.457. The van der Waals surface area contributed by atoms with Gasteiger partial charge in [-0.1, -0.05) is 6.07 Å². The third kappa shape index (κ3) is 6.38. The normalized spacial score (nSPS) is 17.0. The molecule has 0 amide bonds. The first-order valence-corrected chi connectivity index (χ1v) is 13.8. The van der Waals surface area contributed by atoms with Gasteiger partial charge >= 0.3 is 0 Å². The molecule has 0 spiro atoms. The summed E-state index contributed by atoms with van der Waals surface area (Å²) in [7, 11) is 1.49. The summed E-state index contributed by atoms with van der Waals surface area (Å²) >= 11 is 0. The highest BCUT2D eigenvalue weighted by Gasteiger charge is 2.22. The zero-order valence-electron chi connectivity index (χ0n) is 23.4. The zero-order valence-corrected chi connectivity index (χ0v) is 24.2. The van der Waals surface area contributed by atoms with E-state index in [1.807, 2.05) is 18.5 Å². The van der Waals surface area contributed by atoms with Gasteiger partial charge in [0.25, 0.3) is 0 Å². The van der Waals surface area contributed by atoms with E-state index in [-0.39, 0.29) is 29.8 Å². The van der Waals surface area contributed by atoms with E-state index in [0.717, 1.165) is 61.7 Å². The van der Waals surface area contributed by atoms with Crippen LogP contribution >= 0.6 is 12.4 Å². The Balaban J connectivity index is 0.00000353. The van der Waals surface area contributed by atoms with Gasteiger partial charge in [-0.2, -0.15) is 0 Å². The van der Waals surface area contributed by atoms with E-state index in [2.05, 4.69) is 37.2 Å². The maximum absolute atomic E-state index is 14.7. The molecule has 2 fully saturated rings. The summed E-state index contributed by atoms with van der Waals surface area (Å²) in [6.45, 7) is 4.74. The van der Waals surface area contributed by atoms with Gasteiger partial charge in [0, 0.05) is 73.7 Å². The van der Waals surface area contributed by atoms with Gasteiger partial charge < -0.3 is 30.3 Å². The summed E-state index contributed by atoms with van der Waals surface area (Å²) in [4.78, 5) is 22.8. The Morgan fingerprint density at radius 3 is 2.62 bits per heavy atom. The molecule has 0 saturated carbocycles. The van der Waals surface area contributed by atoms with E-state index >= 15 is 0 Å². The SMILES string of the molecule is COc1cccc(F)c1-c1nccc(Nc2cc(N3CCC[C@H](N)C3)c(-c3ccc(N4CCOCC4)nc3)cn2)n1.Cl. The number of halogens is 2. The fourth-order valence-corrected chi connectivity index (χ4v) is 5.32. The van der Waals surface area contributed by atoms with Crippen LogP contribution in [-0.4, -0.2) is 72.5 Å². The smallest absolute Gasteiger partial charge is 0.168 e. The van der Waals surface area contributed by atoms with Crippen LogP contribution in [0.25, 0.3) is 22.5 Å². The standard InChI is InChI=1S/C30H33FN8O2.ClH/c1-40-25-6-2-5-23(31)29(25)30-33-10-9-26(37-30)36-27-16-24(39-11-3-4-21(32)19-39)22(18-34-27)20-7-8-28(35-17-20)38-12-14-41-15-13-38;/h2,5-10,16-18,21H,3-4,11-15,19,32H2,1H3,(H,33,34,36,37);1H/t21-;/m0./s1. The maximum Gasteiger partial charge on any atom is 0.168 e. The fraction of sp³-hybridized carbons (Fsp3) is 0.333. The zero-order chi connectivity index (χ0) is 28.2. The van der Waals surface area contributed by atoms with Crippen molar-refractivity contribution in [3.05, 3.63) is 66.9 Å². The summed E-state index contributed by atoms with van der Waals surface area (Å²) in [5.41, 5.74) is 9.54. The molecule has 10 nitrogen and oxygen atoms in total. The van der Waals surface area contributed by atoms with E-state index in [1.54, 1.807) is 24.4 Å². The highest BCUT2D eigenvalue weighted by Crippen LogP contribution is 2.35. The van der Waals surface area contributed by atoms with Gasteiger partial charge in [0.2, 0.25) is 0 Å². The second-order valence-corrected chi connectivity index (χ2v) is 10.1. The van der Waals surface area contributed by atoms with Gasteiger partial charge in [-0.25, -0.2) is 24.3 Å². The number of nitrogens with one attached hydrogen (secondary N) is 1. The van der Waals surface area contributed by atoms with Crippen molar-refractivity contribution in [3.8, 4) is 28.3 Å². The maximum atomic E-state index is 14.7. The molecule has 0 radical (unpaired) electrons. The van der Waals surface area contributed by atoms with Crippen LogP contribution in [0, 0.1) is 5.82 Å². The molecule has 0 aliphatic carbocycles. The third-order valence-electron chi connectivity index (χ3n) is 7.41. The van der Waals surface area contributed by atoms with Gasteiger partial charge in [0.1, 0.15) is 29.0 Å². The lowest BCUT2D eigenvalue weighted by molar-refractivity contribution is 0.122. The number of hydrogen-bond acceptors (Lipinski definition) is 10. The van der Waals surface area contributed by atoms with Crippen LogP contribution in [0.3, 0.4) is 0 Å². The monoisotopic (exact) mass is 592 g/mol. The van der Waals surface area contributed by atoms with Crippen molar-refractivity contribution in [2.75, 3.05) is 61.6 Å². The van der Waals surface area contributed by atoms with Gasteiger partial charge in [-0.05, 0) is 43.2 Å². The molecule has 5 heterocycles. The third-order valence-corrected chi connectivity index (χ3v) is 7.41. The lowest BCUT2D eigenvalue weighted by atomic mass is 10.0. The molecular formula is C30H34ClFN8O2. The number of nitrogens with two attached hydrogens (primary N) is 1. The largest absolute Gasteiger partial charge is 0.496 e. The van der Waals surface area contributed by atoms with E-state index < -0.39 is 5.82 Å². The molecule has 2 aliphatic rings. The molecule has 0 unspecified atom stereocenters. The number of nitrogens with zero attached hydrogens (tertiary/aromatic N) is 6. The number of ether oxygens (including phenoxy) is 2. The van der Waals surface area contributed by atoms with Crippen molar-refractivity contribution in [1.82, 2.24) is 19.9 Å². The topological polar surface area (TPSA) is 115 Å². The minimum Gasteiger partial charge on any atom is -0.496 e. The fourth-order valence-electron chi connectivity index (χ4n) is 5.32. The molecule has 220 valence electrons.